The molecule has 0 unspecified atom stereocenters. The molecule has 0 aliphatic carbocycles. The molecule has 0 rings (SSSR count). The topological polar surface area (TPSA) is 49.7 Å². The largest absolute Gasteiger partial charge is 0.425 e. The smallest absolute Gasteiger partial charge is 0.394 e. The van der Waals surface area contributed by atoms with Gasteiger partial charge in [-0.05, 0) is 0 Å². The Morgan fingerprint density at radius 1 is 1.12 bits per heavy atom. The first-order valence-electron chi connectivity index (χ1n) is 4.06. The second-order valence-electron chi connectivity index (χ2n) is 3.02. The molecule has 0 aromatic heterocycles. The van der Waals surface area contributed by atoms with Crippen molar-refractivity contribution in [1.82, 2.24) is 0 Å². The number of ether oxygens (including phenoxy) is 1. The van der Waals surface area contributed by atoms with Crippen LogP contribution >= 0.6 is 0 Å². The molecular weight excluding hydrogens is 246 g/mol. The first-order chi connectivity index (χ1) is 7.11. The minimum atomic E-state index is -5.68. The molecule has 0 bridgehead atoms. The number of hydrogen-bond donors (Lipinski definition) is 2. The lowest BCUT2D eigenvalue weighted by Crippen LogP contribution is -2.45. The predicted octanol–water partition coefficient (Wildman–Crippen LogP) is 0.892. The van der Waals surface area contributed by atoms with E-state index in [1.165, 1.54) is 0 Å². The molecule has 0 saturated heterocycles. The maximum absolute atomic E-state index is 12.5. The maximum atomic E-state index is 12.5. The minimum absolute atomic E-state index is 0.802. The Morgan fingerprint density at radius 2 is 1.62 bits per heavy atom. The Balaban J connectivity index is 4.14. The van der Waals surface area contributed by atoms with Crippen LogP contribution in [0.2, 0.25) is 0 Å². The SMILES string of the molecule is OC[C@@H](O)COCC(F)(F)[C@H](F)C(F)(F)F. The molecule has 0 radical (unpaired) electrons. The van der Waals surface area contributed by atoms with Crippen LogP contribution in [0.5, 0.6) is 0 Å². The van der Waals surface area contributed by atoms with Crippen LogP contribution in [0, 0.1) is 0 Å². The van der Waals surface area contributed by atoms with Crippen LogP contribution < -0.4 is 0 Å². The lowest BCUT2D eigenvalue weighted by molar-refractivity contribution is -0.256. The van der Waals surface area contributed by atoms with Gasteiger partial charge in [0.15, 0.2) is 0 Å². The summed E-state index contributed by atoms with van der Waals surface area (Å²) in [5.74, 6) is -4.73. The Morgan fingerprint density at radius 3 is 2.00 bits per heavy atom. The summed E-state index contributed by atoms with van der Waals surface area (Å²) in [5.41, 5.74) is 0. The van der Waals surface area contributed by atoms with E-state index in [0.717, 1.165) is 0 Å². The van der Waals surface area contributed by atoms with E-state index in [-0.39, 0.29) is 0 Å². The van der Waals surface area contributed by atoms with Crippen LogP contribution in [0.15, 0.2) is 0 Å². The second kappa shape index (κ2) is 5.69. The zero-order valence-corrected chi connectivity index (χ0v) is 7.85. The van der Waals surface area contributed by atoms with Crippen molar-refractivity contribution in [1.29, 1.82) is 0 Å². The summed E-state index contributed by atoms with van der Waals surface area (Å²) in [4.78, 5) is 0. The highest BCUT2D eigenvalue weighted by molar-refractivity contribution is 4.82. The van der Waals surface area contributed by atoms with Crippen molar-refractivity contribution in [2.24, 2.45) is 0 Å². The van der Waals surface area contributed by atoms with Gasteiger partial charge in [-0.25, -0.2) is 13.2 Å². The third kappa shape index (κ3) is 4.99. The van der Waals surface area contributed by atoms with Gasteiger partial charge in [-0.3, -0.25) is 0 Å². The van der Waals surface area contributed by atoms with Crippen LogP contribution in [0.4, 0.5) is 26.3 Å². The molecular formula is C7H10F6O3. The average Bonchev–Trinajstić information content (AvgIpc) is 2.14. The molecule has 0 aromatic rings. The van der Waals surface area contributed by atoms with Crippen LogP contribution in [-0.2, 0) is 4.74 Å². The fourth-order valence-corrected chi connectivity index (χ4v) is 0.696. The number of aliphatic hydroxyl groups is 2. The van der Waals surface area contributed by atoms with Crippen molar-refractivity contribution in [3.63, 3.8) is 0 Å². The van der Waals surface area contributed by atoms with Gasteiger partial charge < -0.3 is 14.9 Å². The van der Waals surface area contributed by atoms with E-state index < -0.39 is 44.2 Å². The lowest BCUT2D eigenvalue weighted by Gasteiger charge is -2.22. The average molecular weight is 256 g/mol. The number of alkyl halides is 6. The van der Waals surface area contributed by atoms with Crippen molar-refractivity contribution >= 4 is 0 Å². The molecule has 2 atom stereocenters. The standard InChI is InChI=1S/C7H10F6O3/c8-5(7(11,12)13)6(9,10)3-16-2-4(15)1-14/h4-5,14-15H,1-3H2/t4-,5+/m1/s1. The van der Waals surface area contributed by atoms with Gasteiger partial charge in [0.1, 0.15) is 12.7 Å². The Bertz CT molecular complexity index is 207. The van der Waals surface area contributed by atoms with Crippen molar-refractivity contribution in [2.75, 3.05) is 19.8 Å². The summed E-state index contributed by atoms with van der Waals surface area (Å²) in [6.45, 7) is -3.44. The fraction of sp³-hybridized carbons (Fsp3) is 1.00. The van der Waals surface area contributed by atoms with Gasteiger partial charge >= 0.3 is 12.1 Å². The summed E-state index contributed by atoms with van der Waals surface area (Å²) >= 11 is 0. The number of hydrogen-bond acceptors (Lipinski definition) is 3. The highest BCUT2D eigenvalue weighted by atomic mass is 19.4. The third-order valence-electron chi connectivity index (χ3n) is 1.47. The predicted molar refractivity (Wildman–Crippen MR) is 39.8 cm³/mol. The van der Waals surface area contributed by atoms with Crippen LogP contribution in [0.1, 0.15) is 0 Å². The molecule has 0 amide bonds. The van der Waals surface area contributed by atoms with E-state index in [9.17, 15) is 26.3 Å². The van der Waals surface area contributed by atoms with Crippen molar-refractivity contribution in [3.05, 3.63) is 0 Å². The summed E-state index contributed by atoms with van der Waals surface area (Å²) in [7, 11) is 0. The zero-order chi connectivity index (χ0) is 13.0. The van der Waals surface area contributed by atoms with Gasteiger partial charge in [0.05, 0.1) is 13.2 Å². The zero-order valence-electron chi connectivity index (χ0n) is 7.85. The van der Waals surface area contributed by atoms with Crippen LogP contribution in [-0.4, -0.2) is 54.4 Å². The maximum Gasteiger partial charge on any atom is 0.425 e. The monoisotopic (exact) mass is 256 g/mol. The van der Waals surface area contributed by atoms with E-state index in [1.54, 1.807) is 0 Å². The highest BCUT2D eigenvalue weighted by Crippen LogP contribution is 2.34. The quantitative estimate of drug-likeness (QED) is 0.694. The highest BCUT2D eigenvalue weighted by Gasteiger charge is 2.56. The second-order valence-corrected chi connectivity index (χ2v) is 3.02. The number of rotatable bonds is 6. The Kier molecular flexibility index (Phi) is 5.50. The van der Waals surface area contributed by atoms with Gasteiger partial charge in [-0.2, -0.15) is 13.2 Å². The van der Waals surface area contributed by atoms with Crippen molar-refractivity contribution < 1.29 is 41.3 Å². The normalized spacial score (nSPS) is 17.2. The van der Waals surface area contributed by atoms with E-state index in [2.05, 4.69) is 4.74 Å². The molecule has 0 aromatic carbocycles. The van der Waals surface area contributed by atoms with Gasteiger partial charge in [-0.15, -0.1) is 0 Å². The molecule has 98 valence electrons. The van der Waals surface area contributed by atoms with Crippen molar-refractivity contribution in [3.8, 4) is 0 Å². The van der Waals surface area contributed by atoms with E-state index in [4.69, 9.17) is 10.2 Å². The first-order valence-corrected chi connectivity index (χ1v) is 4.06. The summed E-state index contributed by atoms with van der Waals surface area (Å²) in [6.07, 6.45) is -11.5. The molecule has 0 saturated carbocycles. The molecule has 16 heavy (non-hydrogen) atoms. The molecule has 2 N–H and O–H groups in total. The molecule has 0 aliphatic rings. The van der Waals surface area contributed by atoms with Crippen molar-refractivity contribution in [2.45, 2.75) is 24.4 Å². The molecule has 9 heteroatoms. The lowest BCUT2D eigenvalue weighted by atomic mass is 10.2. The van der Waals surface area contributed by atoms with E-state index in [1.807, 2.05) is 0 Å². The van der Waals surface area contributed by atoms with Crippen LogP contribution in [0.25, 0.3) is 0 Å². The molecule has 0 fully saturated rings. The van der Waals surface area contributed by atoms with Crippen LogP contribution in [0.3, 0.4) is 0 Å². The Labute approximate surface area is 86.6 Å². The molecule has 0 heterocycles. The van der Waals surface area contributed by atoms with Gasteiger partial charge in [0.2, 0.25) is 0 Å². The summed E-state index contributed by atoms with van der Waals surface area (Å²) in [5, 5.41) is 16.8. The third-order valence-corrected chi connectivity index (χ3v) is 1.47. The van der Waals surface area contributed by atoms with E-state index >= 15 is 0 Å². The van der Waals surface area contributed by atoms with Gasteiger partial charge in [-0.1, -0.05) is 0 Å². The van der Waals surface area contributed by atoms with Gasteiger partial charge in [0, 0.05) is 0 Å². The fourth-order valence-electron chi connectivity index (χ4n) is 0.696. The molecule has 0 aliphatic heterocycles. The van der Waals surface area contributed by atoms with Gasteiger partial charge in [0.25, 0.3) is 6.17 Å². The summed E-state index contributed by atoms with van der Waals surface area (Å²) < 4.78 is 76.0. The minimum Gasteiger partial charge on any atom is -0.394 e. The number of aliphatic hydroxyl groups excluding tert-OH is 2. The summed E-state index contributed by atoms with van der Waals surface area (Å²) in [6, 6.07) is 0. The molecule has 0 spiro atoms. The molecule has 3 nitrogen and oxygen atoms in total. The Hall–Kier alpha value is -0.540. The number of halogens is 6. The van der Waals surface area contributed by atoms with E-state index in [0.29, 0.717) is 0 Å². The first kappa shape index (κ1) is 15.5.